The number of hydrogen-bond donors (Lipinski definition) is 4. The predicted molar refractivity (Wildman–Crippen MR) is 121 cm³/mol. The second-order valence-electron chi connectivity index (χ2n) is 8.54. The van der Waals surface area contributed by atoms with Crippen LogP contribution in [0, 0.1) is 0 Å². The third kappa shape index (κ3) is 9.80. The number of carboxylic acids is 1. The topological polar surface area (TPSA) is 117 Å². The molecule has 0 saturated heterocycles. The first-order chi connectivity index (χ1) is 15.1. The maximum absolute atomic E-state index is 12.0. The van der Waals surface area contributed by atoms with Gasteiger partial charge in [-0.25, -0.2) is 9.59 Å². The standard InChI is InChI=1S/C24H32N2O6/c1-24(2,3)25-14-19(27)16-31-20-11-9-17(10-12-20)13-21(22(28)29)26-23(30)32-15-18-7-5-4-6-8-18/h4-12,19,21,25,27H,13-16H2,1-3H3,(H,26,30)(H,28,29)/t19?,21-/m0/s1. The molecule has 32 heavy (non-hydrogen) atoms. The average Bonchev–Trinajstić information content (AvgIpc) is 2.75. The SMILES string of the molecule is CC(C)(C)NCC(O)COc1ccc(C[C@H](NC(=O)OCc2ccccc2)C(=O)O)cc1. The summed E-state index contributed by atoms with van der Waals surface area (Å²) in [6.45, 7) is 6.65. The molecule has 0 aromatic heterocycles. The van der Waals surface area contributed by atoms with Gasteiger partial charge in [-0.3, -0.25) is 0 Å². The van der Waals surface area contributed by atoms with E-state index in [-0.39, 0.29) is 25.2 Å². The zero-order valence-corrected chi connectivity index (χ0v) is 18.7. The second kappa shape index (κ2) is 12.1. The third-order valence-electron chi connectivity index (χ3n) is 4.48. The summed E-state index contributed by atoms with van der Waals surface area (Å²) in [6, 6.07) is 14.8. The minimum atomic E-state index is -1.16. The Bertz CT molecular complexity index is 849. The van der Waals surface area contributed by atoms with Crippen LogP contribution in [0.2, 0.25) is 0 Å². The number of carbonyl (C=O) groups is 2. The Morgan fingerprint density at radius 1 is 1.00 bits per heavy atom. The van der Waals surface area contributed by atoms with E-state index in [4.69, 9.17) is 9.47 Å². The van der Waals surface area contributed by atoms with Crippen molar-refractivity contribution in [1.82, 2.24) is 10.6 Å². The Morgan fingerprint density at radius 2 is 1.66 bits per heavy atom. The van der Waals surface area contributed by atoms with E-state index >= 15 is 0 Å². The molecular formula is C24H32N2O6. The molecule has 0 aliphatic heterocycles. The molecule has 2 aromatic rings. The lowest BCUT2D eigenvalue weighted by Crippen LogP contribution is -2.42. The number of carboxylic acid groups (broad SMARTS) is 1. The van der Waals surface area contributed by atoms with Gasteiger partial charge in [-0.1, -0.05) is 42.5 Å². The quantitative estimate of drug-likeness (QED) is 0.421. The molecule has 174 valence electrons. The molecule has 0 aliphatic carbocycles. The number of aliphatic carboxylic acids is 1. The van der Waals surface area contributed by atoms with Crippen molar-refractivity contribution >= 4 is 12.1 Å². The maximum Gasteiger partial charge on any atom is 0.408 e. The lowest BCUT2D eigenvalue weighted by atomic mass is 10.1. The van der Waals surface area contributed by atoms with E-state index in [0.29, 0.717) is 17.9 Å². The number of nitrogens with one attached hydrogen (secondary N) is 2. The lowest BCUT2D eigenvalue weighted by molar-refractivity contribution is -0.139. The molecule has 2 rings (SSSR count). The normalized spacial score (nSPS) is 13.1. The molecule has 1 amide bonds. The van der Waals surface area contributed by atoms with E-state index in [9.17, 15) is 19.8 Å². The van der Waals surface area contributed by atoms with Crippen LogP contribution in [-0.4, -0.2) is 53.1 Å². The fraction of sp³-hybridized carbons (Fsp3) is 0.417. The number of alkyl carbamates (subject to hydrolysis) is 1. The fourth-order valence-corrected chi connectivity index (χ4v) is 2.74. The van der Waals surface area contributed by atoms with Crippen molar-refractivity contribution in [2.45, 2.75) is 51.5 Å². The molecule has 0 saturated carbocycles. The van der Waals surface area contributed by atoms with Crippen molar-refractivity contribution in [3.8, 4) is 5.75 Å². The maximum atomic E-state index is 12.0. The number of aliphatic hydroxyl groups is 1. The van der Waals surface area contributed by atoms with Gasteiger partial charge in [-0.05, 0) is 44.0 Å². The second-order valence-corrected chi connectivity index (χ2v) is 8.54. The molecule has 2 aromatic carbocycles. The first-order valence-corrected chi connectivity index (χ1v) is 10.5. The first-order valence-electron chi connectivity index (χ1n) is 10.5. The summed E-state index contributed by atoms with van der Waals surface area (Å²) in [5.74, 6) is -0.595. The smallest absolute Gasteiger partial charge is 0.408 e. The summed E-state index contributed by atoms with van der Waals surface area (Å²) in [5, 5.41) is 25.0. The molecule has 8 nitrogen and oxygen atoms in total. The zero-order valence-electron chi connectivity index (χ0n) is 18.7. The van der Waals surface area contributed by atoms with E-state index in [0.717, 1.165) is 5.56 Å². The highest BCUT2D eigenvalue weighted by Gasteiger charge is 2.21. The van der Waals surface area contributed by atoms with Gasteiger partial charge in [0.1, 0.15) is 31.1 Å². The van der Waals surface area contributed by atoms with Crippen molar-refractivity contribution in [3.05, 3.63) is 65.7 Å². The molecule has 2 atom stereocenters. The number of carbonyl (C=O) groups excluding carboxylic acids is 1. The average molecular weight is 445 g/mol. The van der Waals surface area contributed by atoms with Gasteiger partial charge >= 0.3 is 12.1 Å². The van der Waals surface area contributed by atoms with Gasteiger partial charge in [0, 0.05) is 18.5 Å². The number of rotatable bonds is 11. The predicted octanol–water partition coefficient (Wildman–Crippen LogP) is 2.74. The van der Waals surface area contributed by atoms with Crippen LogP contribution in [0.3, 0.4) is 0 Å². The number of β-amino-alcohol motifs (C(OH)–C–C–N with tert-alkyl or cyclic N) is 1. The van der Waals surface area contributed by atoms with Crippen LogP contribution in [0.5, 0.6) is 5.75 Å². The molecule has 0 fully saturated rings. The van der Waals surface area contributed by atoms with E-state index in [1.165, 1.54) is 0 Å². The summed E-state index contributed by atoms with van der Waals surface area (Å²) in [7, 11) is 0. The van der Waals surface area contributed by atoms with Crippen molar-refractivity contribution < 1.29 is 29.3 Å². The lowest BCUT2D eigenvalue weighted by Gasteiger charge is -2.23. The highest BCUT2D eigenvalue weighted by Crippen LogP contribution is 2.14. The largest absolute Gasteiger partial charge is 0.491 e. The van der Waals surface area contributed by atoms with Gasteiger partial charge < -0.3 is 30.3 Å². The fourth-order valence-electron chi connectivity index (χ4n) is 2.74. The number of benzene rings is 2. The van der Waals surface area contributed by atoms with Gasteiger partial charge in [0.2, 0.25) is 0 Å². The Kier molecular flexibility index (Phi) is 9.49. The van der Waals surface area contributed by atoms with Crippen LogP contribution in [0.1, 0.15) is 31.9 Å². The number of amides is 1. The summed E-state index contributed by atoms with van der Waals surface area (Å²) < 4.78 is 10.7. The molecule has 0 heterocycles. The van der Waals surface area contributed by atoms with E-state index in [1.54, 1.807) is 24.3 Å². The minimum Gasteiger partial charge on any atom is -0.491 e. The number of ether oxygens (including phenoxy) is 2. The van der Waals surface area contributed by atoms with Gasteiger partial charge in [0.25, 0.3) is 0 Å². The Balaban J connectivity index is 1.81. The molecular weight excluding hydrogens is 412 g/mol. The highest BCUT2D eigenvalue weighted by atomic mass is 16.5. The van der Waals surface area contributed by atoms with Gasteiger partial charge in [0.05, 0.1) is 0 Å². The van der Waals surface area contributed by atoms with E-state index < -0.39 is 24.2 Å². The highest BCUT2D eigenvalue weighted by molar-refractivity contribution is 5.80. The third-order valence-corrected chi connectivity index (χ3v) is 4.48. The van der Waals surface area contributed by atoms with Crippen LogP contribution in [0.4, 0.5) is 4.79 Å². The molecule has 0 radical (unpaired) electrons. The van der Waals surface area contributed by atoms with Crippen LogP contribution >= 0.6 is 0 Å². The summed E-state index contributed by atoms with van der Waals surface area (Å²) in [4.78, 5) is 23.6. The first kappa shape index (κ1) is 25.2. The van der Waals surface area contributed by atoms with Crippen LogP contribution in [-0.2, 0) is 22.6 Å². The van der Waals surface area contributed by atoms with Crippen LogP contribution in [0.15, 0.2) is 54.6 Å². The van der Waals surface area contributed by atoms with Crippen molar-refractivity contribution in [2.24, 2.45) is 0 Å². The Hall–Kier alpha value is -3.10. The molecule has 0 bridgehead atoms. The molecule has 1 unspecified atom stereocenters. The van der Waals surface area contributed by atoms with Gasteiger partial charge in [-0.2, -0.15) is 0 Å². The number of aliphatic hydroxyl groups excluding tert-OH is 1. The zero-order chi connectivity index (χ0) is 23.6. The summed E-state index contributed by atoms with van der Waals surface area (Å²) in [5.41, 5.74) is 1.43. The summed E-state index contributed by atoms with van der Waals surface area (Å²) >= 11 is 0. The monoisotopic (exact) mass is 444 g/mol. The molecule has 8 heteroatoms. The van der Waals surface area contributed by atoms with E-state index in [1.807, 2.05) is 51.1 Å². The van der Waals surface area contributed by atoms with Crippen LogP contribution < -0.4 is 15.4 Å². The van der Waals surface area contributed by atoms with Crippen molar-refractivity contribution in [3.63, 3.8) is 0 Å². The molecule has 4 N–H and O–H groups in total. The Morgan fingerprint density at radius 3 is 2.25 bits per heavy atom. The summed E-state index contributed by atoms with van der Waals surface area (Å²) in [6.07, 6.45) is -1.36. The Labute approximate surface area is 188 Å². The van der Waals surface area contributed by atoms with Crippen molar-refractivity contribution in [1.29, 1.82) is 0 Å². The van der Waals surface area contributed by atoms with Crippen molar-refractivity contribution in [2.75, 3.05) is 13.2 Å². The molecule has 0 aliphatic rings. The minimum absolute atomic E-state index is 0.0577. The van der Waals surface area contributed by atoms with Gasteiger partial charge in [-0.15, -0.1) is 0 Å². The van der Waals surface area contributed by atoms with Gasteiger partial charge in [0.15, 0.2) is 0 Å². The van der Waals surface area contributed by atoms with Crippen LogP contribution in [0.25, 0.3) is 0 Å². The van der Waals surface area contributed by atoms with E-state index in [2.05, 4.69) is 10.6 Å². The number of hydrogen-bond acceptors (Lipinski definition) is 6. The molecule has 0 spiro atoms.